The molecule has 2 atom stereocenters. The van der Waals surface area contributed by atoms with Gasteiger partial charge >= 0.3 is 5.97 Å². The van der Waals surface area contributed by atoms with E-state index in [1.54, 1.807) is 54.6 Å². The van der Waals surface area contributed by atoms with Crippen molar-refractivity contribution in [1.29, 1.82) is 0 Å². The minimum absolute atomic E-state index is 0.0497. The highest BCUT2D eigenvalue weighted by molar-refractivity contribution is 7.92. The van der Waals surface area contributed by atoms with E-state index in [1.807, 2.05) is 0 Å². The third-order valence-corrected chi connectivity index (χ3v) is 5.40. The summed E-state index contributed by atoms with van der Waals surface area (Å²) >= 11 is 0. The van der Waals surface area contributed by atoms with Crippen LogP contribution >= 0.6 is 0 Å². The van der Waals surface area contributed by atoms with Crippen LogP contribution in [0.15, 0.2) is 59.5 Å². The van der Waals surface area contributed by atoms with Crippen LogP contribution < -0.4 is 0 Å². The van der Waals surface area contributed by atoms with Gasteiger partial charge in [-0.2, -0.15) is 0 Å². The molecule has 0 spiro atoms. The van der Waals surface area contributed by atoms with Crippen LogP contribution in [-0.2, 0) is 19.4 Å². The maximum Gasteiger partial charge on any atom is 0.306 e. The van der Waals surface area contributed by atoms with Crippen molar-refractivity contribution >= 4 is 15.8 Å². The molecule has 0 bridgehead atoms. The summed E-state index contributed by atoms with van der Waals surface area (Å²) in [5, 5.41) is -0.742. The normalized spacial score (nSPS) is 21.6. The van der Waals surface area contributed by atoms with Crippen molar-refractivity contribution in [3.8, 4) is 0 Å². The lowest BCUT2D eigenvalue weighted by Crippen LogP contribution is -2.30. The number of benzene rings is 1. The molecule has 0 aromatic heterocycles. The number of allylic oxidation sites excluding steroid dienone is 3. The number of esters is 1. The van der Waals surface area contributed by atoms with Crippen LogP contribution in [0.2, 0.25) is 0 Å². The maximum atomic E-state index is 12.6. The first-order valence-electron chi connectivity index (χ1n) is 6.26. The van der Waals surface area contributed by atoms with Crippen LogP contribution in [0, 0.1) is 5.92 Å². The number of hydrogen-bond donors (Lipinski definition) is 0. The molecular weight excluding hydrogens is 276 g/mol. The van der Waals surface area contributed by atoms with Crippen molar-refractivity contribution in [2.45, 2.75) is 16.6 Å². The molecule has 1 aliphatic rings. The summed E-state index contributed by atoms with van der Waals surface area (Å²) in [6.07, 6.45) is 6.86. The Bertz CT molecular complexity index is 629. The second-order valence-electron chi connectivity index (χ2n) is 4.54. The molecule has 0 radical (unpaired) electrons. The lowest BCUT2D eigenvalue weighted by Gasteiger charge is -2.23. The number of carbonyl (C=O) groups is 1. The fraction of sp³-hybridized carbons (Fsp3) is 0.267. The molecule has 5 heteroatoms. The highest BCUT2D eigenvalue weighted by Gasteiger charge is 2.33. The van der Waals surface area contributed by atoms with E-state index in [0.29, 0.717) is 0 Å². The molecule has 1 aromatic rings. The number of ether oxygens (including phenoxy) is 1. The summed E-state index contributed by atoms with van der Waals surface area (Å²) in [5.74, 6) is -0.819. The Morgan fingerprint density at radius 3 is 2.45 bits per heavy atom. The summed E-state index contributed by atoms with van der Waals surface area (Å²) < 4.78 is 29.9. The molecule has 1 aromatic carbocycles. The lowest BCUT2D eigenvalue weighted by atomic mass is 9.97. The van der Waals surface area contributed by atoms with Gasteiger partial charge < -0.3 is 4.74 Å². The third-order valence-electron chi connectivity index (χ3n) is 3.25. The Morgan fingerprint density at radius 1 is 1.15 bits per heavy atom. The van der Waals surface area contributed by atoms with E-state index in [9.17, 15) is 13.2 Å². The molecule has 2 unspecified atom stereocenters. The van der Waals surface area contributed by atoms with Crippen LogP contribution in [0.1, 0.15) is 6.42 Å². The van der Waals surface area contributed by atoms with Gasteiger partial charge in [0.25, 0.3) is 0 Å². The fourth-order valence-electron chi connectivity index (χ4n) is 2.19. The summed E-state index contributed by atoms with van der Waals surface area (Å²) in [5.41, 5.74) is 0. The molecular formula is C15H16O4S. The van der Waals surface area contributed by atoms with E-state index >= 15 is 0 Å². The molecule has 4 nitrogen and oxygen atoms in total. The van der Waals surface area contributed by atoms with Crippen LogP contribution in [0.4, 0.5) is 0 Å². The highest BCUT2D eigenvalue weighted by Crippen LogP contribution is 2.28. The molecule has 0 fully saturated rings. The van der Waals surface area contributed by atoms with Gasteiger partial charge in [0.1, 0.15) is 0 Å². The Morgan fingerprint density at radius 2 is 1.80 bits per heavy atom. The second kappa shape index (κ2) is 6.05. The molecule has 20 heavy (non-hydrogen) atoms. The van der Waals surface area contributed by atoms with Crippen molar-refractivity contribution in [1.82, 2.24) is 0 Å². The van der Waals surface area contributed by atoms with Gasteiger partial charge in [-0.15, -0.1) is 0 Å². The minimum Gasteiger partial charge on any atom is -0.469 e. The summed E-state index contributed by atoms with van der Waals surface area (Å²) in [6.45, 7) is 0. The number of methoxy groups -OCH3 is 1. The summed E-state index contributed by atoms with van der Waals surface area (Å²) in [7, 11) is -2.21. The minimum atomic E-state index is -3.51. The van der Waals surface area contributed by atoms with Crippen LogP contribution in [-0.4, -0.2) is 26.7 Å². The smallest absolute Gasteiger partial charge is 0.306 e. The first-order valence-corrected chi connectivity index (χ1v) is 7.81. The zero-order valence-electron chi connectivity index (χ0n) is 11.1. The Kier molecular flexibility index (Phi) is 4.39. The Labute approximate surface area is 118 Å². The van der Waals surface area contributed by atoms with Crippen molar-refractivity contribution < 1.29 is 17.9 Å². The van der Waals surface area contributed by atoms with Crippen molar-refractivity contribution in [2.24, 2.45) is 5.92 Å². The van der Waals surface area contributed by atoms with Crippen LogP contribution in [0.5, 0.6) is 0 Å². The van der Waals surface area contributed by atoms with E-state index in [0.717, 1.165) is 0 Å². The van der Waals surface area contributed by atoms with E-state index in [1.165, 1.54) is 7.11 Å². The first kappa shape index (κ1) is 14.5. The second-order valence-corrected chi connectivity index (χ2v) is 6.64. The van der Waals surface area contributed by atoms with Crippen LogP contribution in [0.3, 0.4) is 0 Å². The van der Waals surface area contributed by atoms with Gasteiger partial charge in [0.15, 0.2) is 9.84 Å². The average molecular weight is 292 g/mol. The predicted octanol–water partition coefficient (Wildman–Crippen LogP) is 2.13. The zero-order chi connectivity index (χ0) is 14.6. The van der Waals surface area contributed by atoms with E-state index in [2.05, 4.69) is 4.74 Å². The molecule has 1 aliphatic carbocycles. The molecule has 106 valence electrons. The first-order chi connectivity index (χ1) is 9.55. The number of sulfone groups is 1. The van der Waals surface area contributed by atoms with Gasteiger partial charge in [-0.05, 0) is 12.1 Å². The molecule has 0 aliphatic heterocycles. The Balaban J connectivity index is 2.31. The number of carbonyl (C=O) groups excluding carboxylic acids is 1. The molecule has 2 rings (SSSR count). The van der Waals surface area contributed by atoms with Crippen molar-refractivity contribution in [2.75, 3.05) is 7.11 Å². The SMILES string of the molecule is COC(=O)CC1C=CC=CC1S(=O)(=O)c1ccccc1. The van der Waals surface area contributed by atoms with Gasteiger partial charge in [0.05, 0.1) is 23.7 Å². The molecule has 0 saturated carbocycles. The number of rotatable bonds is 4. The highest BCUT2D eigenvalue weighted by atomic mass is 32.2. The quantitative estimate of drug-likeness (QED) is 0.798. The van der Waals surface area contributed by atoms with Crippen molar-refractivity contribution in [3.05, 3.63) is 54.6 Å². The van der Waals surface area contributed by atoms with Crippen molar-refractivity contribution in [3.63, 3.8) is 0 Å². The largest absolute Gasteiger partial charge is 0.469 e. The average Bonchev–Trinajstić information content (AvgIpc) is 2.48. The number of hydrogen-bond acceptors (Lipinski definition) is 4. The summed E-state index contributed by atoms with van der Waals surface area (Å²) in [6, 6.07) is 8.27. The standard InChI is InChI=1S/C15H16O4S/c1-19-15(16)11-12-7-5-6-10-14(12)20(17,18)13-8-3-2-4-9-13/h2-10,12,14H,11H2,1H3. The van der Waals surface area contributed by atoms with E-state index < -0.39 is 27.0 Å². The maximum absolute atomic E-state index is 12.6. The molecule has 0 N–H and O–H groups in total. The van der Waals surface area contributed by atoms with Gasteiger partial charge in [0, 0.05) is 5.92 Å². The monoisotopic (exact) mass is 292 g/mol. The third kappa shape index (κ3) is 2.99. The fourth-order valence-corrected chi connectivity index (χ4v) is 3.99. The zero-order valence-corrected chi connectivity index (χ0v) is 11.9. The predicted molar refractivity (Wildman–Crippen MR) is 75.8 cm³/mol. The van der Waals surface area contributed by atoms with Gasteiger partial charge in [-0.3, -0.25) is 4.79 Å². The lowest BCUT2D eigenvalue weighted by molar-refractivity contribution is -0.141. The van der Waals surface area contributed by atoms with E-state index in [4.69, 9.17) is 0 Å². The summed E-state index contributed by atoms with van der Waals surface area (Å²) in [4.78, 5) is 11.7. The van der Waals surface area contributed by atoms with Gasteiger partial charge in [-0.1, -0.05) is 42.5 Å². The Hall–Kier alpha value is -1.88. The van der Waals surface area contributed by atoms with Crippen LogP contribution in [0.25, 0.3) is 0 Å². The molecule has 0 amide bonds. The van der Waals surface area contributed by atoms with Gasteiger partial charge in [-0.25, -0.2) is 8.42 Å². The van der Waals surface area contributed by atoms with Gasteiger partial charge in [0.2, 0.25) is 0 Å². The van der Waals surface area contributed by atoms with E-state index in [-0.39, 0.29) is 11.3 Å². The molecule has 0 saturated heterocycles. The molecule has 0 heterocycles. The topological polar surface area (TPSA) is 60.4 Å².